The number of nitrogens with zero attached hydrogens (tertiary/aromatic N) is 3. The molecule has 0 saturated carbocycles. The number of hydrogen-bond donors (Lipinski definition) is 5. The smallest absolute Gasteiger partial charge is 0.391 e. The van der Waals surface area contributed by atoms with E-state index in [1.807, 2.05) is 0 Å². The molecule has 1 aromatic heterocycles. The van der Waals surface area contributed by atoms with Crippen molar-refractivity contribution in [2.75, 3.05) is 39.6 Å². The van der Waals surface area contributed by atoms with E-state index in [2.05, 4.69) is 33.3 Å². The highest BCUT2D eigenvalue weighted by atomic mass is 32.2. The minimum Gasteiger partial charge on any atom is -0.496 e. The second-order valence-electron chi connectivity index (χ2n) is 10.6. The van der Waals surface area contributed by atoms with Gasteiger partial charge in [0.25, 0.3) is 5.91 Å². The summed E-state index contributed by atoms with van der Waals surface area (Å²) in [4.78, 5) is 87.8. The third-order valence-corrected chi connectivity index (χ3v) is 8.86. The molecular formula is C32H41N6O11PS. The van der Waals surface area contributed by atoms with Crippen LogP contribution in [-0.2, 0) is 25.8 Å². The van der Waals surface area contributed by atoms with Crippen molar-refractivity contribution in [2.24, 2.45) is 5.73 Å². The lowest BCUT2D eigenvalue weighted by molar-refractivity contribution is -0.138. The fraction of sp³-hybridized carbons (Fsp3) is 0.406. The summed E-state index contributed by atoms with van der Waals surface area (Å²) in [5.41, 5.74) is 5.45. The summed E-state index contributed by atoms with van der Waals surface area (Å²) in [6.45, 7) is 2.04. The monoisotopic (exact) mass is 748 g/mol. The number of unbranched alkanes of at least 4 members (excludes halogenated alkanes) is 1. The predicted octanol–water partition coefficient (Wildman–Crippen LogP) is 1.81. The molecule has 1 aliphatic heterocycles. The number of likely N-dealkylation sites (tertiary alicyclic amines) is 1. The van der Waals surface area contributed by atoms with E-state index >= 15 is 0 Å². The van der Waals surface area contributed by atoms with Crippen molar-refractivity contribution < 1.29 is 52.5 Å². The first-order valence-electron chi connectivity index (χ1n) is 15.7. The number of imide groups is 1. The van der Waals surface area contributed by atoms with E-state index in [0.29, 0.717) is 16.6 Å². The molecule has 0 radical (unpaired) electrons. The Bertz CT molecular complexity index is 1660. The Morgan fingerprint density at radius 3 is 2.31 bits per heavy atom. The van der Waals surface area contributed by atoms with Gasteiger partial charge in [-0.1, -0.05) is 25.5 Å². The SMILES string of the molecule is CCCCSC1CC(=O)N(CCC(=O)NCCNC(=O)c2nc3ccccc3nc2OCc2c(OC)cc(OP(O)O)cc2OC)C1=O.NC=O. The van der Waals surface area contributed by atoms with Gasteiger partial charge in [0.2, 0.25) is 30.0 Å². The second-order valence-corrected chi connectivity index (χ2v) is 12.6. The van der Waals surface area contributed by atoms with Crippen molar-refractivity contribution >= 4 is 61.4 Å². The summed E-state index contributed by atoms with van der Waals surface area (Å²) in [6.07, 6.45) is 2.34. The molecule has 1 unspecified atom stereocenters. The number of amides is 5. The molecule has 51 heavy (non-hydrogen) atoms. The zero-order chi connectivity index (χ0) is 37.3. The van der Waals surface area contributed by atoms with E-state index in [1.165, 1.54) is 38.1 Å². The maximum Gasteiger partial charge on any atom is 0.391 e. The van der Waals surface area contributed by atoms with E-state index in [-0.39, 0.29) is 97.3 Å². The number of benzene rings is 2. The molecule has 1 aliphatic rings. The van der Waals surface area contributed by atoms with E-state index in [1.54, 1.807) is 24.3 Å². The number of ether oxygens (including phenoxy) is 3. The molecule has 4 rings (SSSR count). The van der Waals surface area contributed by atoms with Crippen LogP contribution in [0.15, 0.2) is 36.4 Å². The standard InChI is InChI=1S/C31H38N5O10PS.CH3NO/c1-4-5-14-48-25-17-27(38)36(31(25)40)13-10-26(37)32-11-12-33-29(39)28-30(35-22-9-7-6-8-21(22)34-28)45-18-20-23(43-2)15-19(46-47(41)42)16-24(20)44-3;2-1-3/h6-9,15-16,25,41-42H,4-5,10-14,17-18H2,1-3H3,(H,32,37)(H,33,39);1H,(H2,2,3). The second kappa shape index (κ2) is 20.8. The van der Waals surface area contributed by atoms with Crippen LogP contribution < -0.4 is 35.1 Å². The molecule has 1 fully saturated rings. The van der Waals surface area contributed by atoms with Gasteiger partial charge in [-0.25, -0.2) is 9.97 Å². The van der Waals surface area contributed by atoms with Gasteiger partial charge in [-0.3, -0.25) is 28.9 Å². The number of hydrogen-bond acceptors (Lipinski definition) is 14. The van der Waals surface area contributed by atoms with Gasteiger partial charge < -0.3 is 44.9 Å². The van der Waals surface area contributed by atoms with E-state index in [0.717, 1.165) is 23.5 Å². The van der Waals surface area contributed by atoms with Crippen molar-refractivity contribution in [3.63, 3.8) is 0 Å². The molecule has 17 nitrogen and oxygen atoms in total. The van der Waals surface area contributed by atoms with Gasteiger partial charge in [0, 0.05) is 44.6 Å². The maximum absolute atomic E-state index is 13.3. The van der Waals surface area contributed by atoms with Crippen LogP contribution >= 0.6 is 20.4 Å². The zero-order valence-electron chi connectivity index (χ0n) is 28.3. The minimum atomic E-state index is -2.67. The molecule has 2 aromatic carbocycles. The van der Waals surface area contributed by atoms with Crippen molar-refractivity contribution in [3.8, 4) is 23.1 Å². The van der Waals surface area contributed by atoms with Crippen molar-refractivity contribution in [2.45, 2.75) is 44.5 Å². The van der Waals surface area contributed by atoms with E-state index < -0.39 is 14.5 Å². The van der Waals surface area contributed by atoms with Crippen molar-refractivity contribution in [3.05, 3.63) is 47.7 Å². The highest BCUT2D eigenvalue weighted by Crippen LogP contribution is 2.39. The normalized spacial score (nSPS) is 13.8. The van der Waals surface area contributed by atoms with E-state index in [9.17, 15) is 29.0 Å². The van der Waals surface area contributed by atoms with Gasteiger partial charge in [0.1, 0.15) is 23.9 Å². The van der Waals surface area contributed by atoms with Crippen LogP contribution in [0.3, 0.4) is 0 Å². The number of aromatic nitrogens is 2. The molecular weight excluding hydrogens is 707 g/mol. The van der Waals surface area contributed by atoms with Crippen LogP contribution in [0.2, 0.25) is 0 Å². The van der Waals surface area contributed by atoms with Gasteiger partial charge in [0.15, 0.2) is 5.69 Å². The average Bonchev–Trinajstić information content (AvgIpc) is 3.38. The Morgan fingerprint density at radius 1 is 1.08 bits per heavy atom. The molecule has 0 spiro atoms. The average molecular weight is 749 g/mol. The van der Waals surface area contributed by atoms with Crippen molar-refractivity contribution in [1.29, 1.82) is 0 Å². The summed E-state index contributed by atoms with van der Waals surface area (Å²) < 4.78 is 21.8. The Labute approximate surface area is 299 Å². The molecule has 0 bridgehead atoms. The number of methoxy groups -OCH3 is 2. The molecule has 1 atom stereocenters. The van der Waals surface area contributed by atoms with Crippen LogP contribution in [-0.4, -0.2) is 99.6 Å². The van der Waals surface area contributed by atoms with Crippen LogP contribution in [0.1, 0.15) is 48.7 Å². The quantitative estimate of drug-likeness (QED) is 0.0540. The Hall–Kier alpha value is -4.77. The van der Waals surface area contributed by atoms with Crippen LogP contribution in [0.4, 0.5) is 0 Å². The highest BCUT2D eigenvalue weighted by molar-refractivity contribution is 8.00. The molecule has 1 saturated heterocycles. The molecule has 0 aliphatic carbocycles. The lowest BCUT2D eigenvalue weighted by Gasteiger charge is -2.17. The maximum atomic E-state index is 13.3. The van der Waals surface area contributed by atoms with Crippen LogP contribution in [0.5, 0.6) is 23.1 Å². The largest absolute Gasteiger partial charge is 0.496 e. The summed E-state index contributed by atoms with van der Waals surface area (Å²) in [7, 11) is 0.146. The summed E-state index contributed by atoms with van der Waals surface area (Å²) in [6, 6.07) is 9.81. The highest BCUT2D eigenvalue weighted by Gasteiger charge is 2.38. The number of thioether (sulfide) groups is 1. The number of carbonyl (C=O) groups excluding carboxylic acids is 5. The summed E-state index contributed by atoms with van der Waals surface area (Å²) in [5.74, 6) is -0.110. The van der Waals surface area contributed by atoms with Gasteiger partial charge in [-0.15, -0.1) is 11.8 Å². The van der Waals surface area contributed by atoms with Crippen LogP contribution in [0.25, 0.3) is 11.0 Å². The number of fused-ring (bicyclic) bond motifs is 1. The number of nitrogens with two attached hydrogens (primary N) is 1. The van der Waals surface area contributed by atoms with Crippen molar-refractivity contribution in [1.82, 2.24) is 25.5 Å². The van der Waals surface area contributed by atoms with Gasteiger partial charge in [-0.05, 0) is 24.3 Å². The molecule has 19 heteroatoms. The molecule has 276 valence electrons. The molecule has 5 amide bonds. The Balaban J connectivity index is 0.00000226. The topological polar surface area (TPSA) is 242 Å². The fourth-order valence-electron chi connectivity index (χ4n) is 4.77. The molecule has 2 heterocycles. The molecule has 6 N–H and O–H groups in total. The first kappa shape index (κ1) is 40.7. The third kappa shape index (κ3) is 11.9. The minimum absolute atomic E-state index is 0.00356. The predicted molar refractivity (Wildman–Crippen MR) is 188 cm³/mol. The fourth-order valence-corrected chi connectivity index (χ4v) is 6.34. The number of rotatable bonds is 18. The third-order valence-electron chi connectivity index (χ3n) is 7.19. The number of carbonyl (C=O) groups is 5. The first-order valence-corrected chi connectivity index (χ1v) is 17.9. The van der Waals surface area contributed by atoms with Gasteiger partial charge >= 0.3 is 8.60 Å². The Morgan fingerprint density at radius 2 is 1.71 bits per heavy atom. The van der Waals surface area contributed by atoms with Gasteiger partial charge in [-0.2, -0.15) is 0 Å². The number of primary amides is 1. The summed E-state index contributed by atoms with van der Waals surface area (Å²) in [5, 5.41) is 5.00. The molecule has 3 aromatic rings. The lowest BCUT2D eigenvalue weighted by atomic mass is 10.1. The number of nitrogens with one attached hydrogen (secondary N) is 2. The first-order chi connectivity index (χ1) is 24.6. The summed E-state index contributed by atoms with van der Waals surface area (Å²) >= 11 is 1.48. The Kier molecular flexibility index (Phi) is 16.6. The zero-order valence-corrected chi connectivity index (χ0v) is 30.0. The lowest BCUT2D eigenvalue weighted by Crippen LogP contribution is -2.38. The number of para-hydroxylation sites is 2. The van der Waals surface area contributed by atoms with Crippen LogP contribution in [0, 0.1) is 0 Å². The van der Waals surface area contributed by atoms with Gasteiger partial charge in [0.05, 0.1) is 36.1 Å². The van der Waals surface area contributed by atoms with E-state index in [4.69, 9.17) is 23.5 Å².